The second-order valence-corrected chi connectivity index (χ2v) is 5.33. The molecule has 3 nitrogen and oxygen atoms in total. The monoisotopic (exact) mass is 299 g/mol. The molecular formula is C17H14ClNO2. The van der Waals surface area contributed by atoms with E-state index in [1.165, 1.54) is 0 Å². The number of H-pyrrole nitrogens is 1. The van der Waals surface area contributed by atoms with Crippen molar-refractivity contribution in [2.24, 2.45) is 0 Å². The molecule has 0 saturated carbocycles. The van der Waals surface area contributed by atoms with E-state index in [0.29, 0.717) is 21.9 Å². The summed E-state index contributed by atoms with van der Waals surface area (Å²) in [5, 5.41) is 1.47. The van der Waals surface area contributed by atoms with Gasteiger partial charge >= 0.3 is 0 Å². The van der Waals surface area contributed by atoms with Crippen LogP contribution in [0.5, 0.6) is 5.75 Å². The topological polar surface area (TPSA) is 42.1 Å². The molecule has 4 heteroatoms. The largest absolute Gasteiger partial charge is 0.496 e. The Morgan fingerprint density at radius 2 is 1.86 bits per heavy atom. The van der Waals surface area contributed by atoms with Gasteiger partial charge in [-0.25, -0.2) is 0 Å². The molecule has 0 saturated heterocycles. The van der Waals surface area contributed by atoms with Crippen LogP contribution in [0.25, 0.3) is 10.9 Å². The summed E-state index contributed by atoms with van der Waals surface area (Å²) in [6.07, 6.45) is 0. The van der Waals surface area contributed by atoms with Crippen LogP contribution in [0.2, 0.25) is 5.02 Å². The molecule has 3 aromatic rings. The number of rotatable bonds is 3. The van der Waals surface area contributed by atoms with E-state index in [4.69, 9.17) is 16.3 Å². The highest BCUT2D eigenvalue weighted by molar-refractivity contribution is 6.30. The lowest BCUT2D eigenvalue weighted by Gasteiger charge is -2.09. The molecule has 0 bridgehead atoms. The molecule has 3 rings (SSSR count). The minimum Gasteiger partial charge on any atom is -0.496 e. The molecule has 0 spiro atoms. The SMILES string of the molecule is COc1ccc2[nH]c(C)cc2c1C(=O)c1ccc(Cl)cc1. The Balaban J connectivity index is 2.22. The number of methoxy groups -OCH3 is 1. The van der Waals surface area contributed by atoms with E-state index in [2.05, 4.69) is 4.98 Å². The number of ether oxygens (including phenoxy) is 1. The molecule has 21 heavy (non-hydrogen) atoms. The van der Waals surface area contributed by atoms with Crippen LogP contribution in [0.3, 0.4) is 0 Å². The summed E-state index contributed by atoms with van der Waals surface area (Å²) in [6, 6.07) is 12.6. The zero-order valence-corrected chi connectivity index (χ0v) is 12.5. The summed E-state index contributed by atoms with van der Waals surface area (Å²) in [4.78, 5) is 16.1. The molecule has 0 fully saturated rings. The van der Waals surface area contributed by atoms with Gasteiger partial charge in [0.1, 0.15) is 5.75 Å². The number of aromatic nitrogens is 1. The van der Waals surface area contributed by atoms with Crippen molar-refractivity contribution in [3.8, 4) is 5.75 Å². The van der Waals surface area contributed by atoms with Gasteiger partial charge in [-0.2, -0.15) is 0 Å². The van der Waals surface area contributed by atoms with E-state index < -0.39 is 0 Å². The van der Waals surface area contributed by atoms with Crippen molar-refractivity contribution in [1.29, 1.82) is 0 Å². The van der Waals surface area contributed by atoms with Gasteiger partial charge in [-0.05, 0) is 49.4 Å². The van der Waals surface area contributed by atoms with Gasteiger partial charge in [0.25, 0.3) is 0 Å². The Bertz CT molecular complexity index is 819. The van der Waals surface area contributed by atoms with Gasteiger partial charge in [-0.15, -0.1) is 0 Å². The number of fused-ring (bicyclic) bond motifs is 1. The van der Waals surface area contributed by atoms with Crippen molar-refractivity contribution in [2.45, 2.75) is 6.92 Å². The van der Waals surface area contributed by atoms with Crippen molar-refractivity contribution < 1.29 is 9.53 Å². The number of nitrogens with one attached hydrogen (secondary N) is 1. The third-order valence-electron chi connectivity index (χ3n) is 3.45. The summed E-state index contributed by atoms with van der Waals surface area (Å²) >= 11 is 5.88. The molecule has 0 unspecified atom stereocenters. The van der Waals surface area contributed by atoms with Crippen LogP contribution in [-0.4, -0.2) is 17.9 Å². The first-order chi connectivity index (χ1) is 10.1. The van der Waals surface area contributed by atoms with E-state index in [0.717, 1.165) is 16.6 Å². The lowest BCUT2D eigenvalue weighted by molar-refractivity contribution is 0.103. The van der Waals surface area contributed by atoms with Crippen molar-refractivity contribution in [1.82, 2.24) is 4.98 Å². The van der Waals surface area contributed by atoms with Crippen LogP contribution in [-0.2, 0) is 0 Å². The minimum absolute atomic E-state index is 0.0758. The van der Waals surface area contributed by atoms with Crippen LogP contribution < -0.4 is 4.74 Å². The predicted molar refractivity (Wildman–Crippen MR) is 84.5 cm³/mol. The molecule has 0 aliphatic carbocycles. The number of hydrogen-bond donors (Lipinski definition) is 1. The Morgan fingerprint density at radius 3 is 2.52 bits per heavy atom. The van der Waals surface area contributed by atoms with Crippen LogP contribution in [0.4, 0.5) is 0 Å². The van der Waals surface area contributed by atoms with Crippen molar-refractivity contribution in [3.05, 3.63) is 64.3 Å². The molecule has 1 heterocycles. The number of hydrogen-bond acceptors (Lipinski definition) is 2. The van der Waals surface area contributed by atoms with Gasteiger partial charge in [0.05, 0.1) is 12.7 Å². The van der Waals surface area contributed by atoms with Crippen LogP contribution in [0, 0.1) is 6.92 Å². The fraction of sp³-hybridized carbons (Fsp3) is 0.118. The molecule has 0 aliphatic rings. The molecule has 0 amide bonds. The standard InChI is InChI=1S/C17H14ClNO2/c1-10-9-13-14(19-10)7-8-15(21-2)16(13)17(20)11-3-5-12(18)6-4-11/h3-9,19H,1-2H3. The first-order valence-corrected chi connectivity index (χ1v) is 6.94. The number of aromatic amines is 1. The third kappa shape index (κ3) is 2.41. The average Bonchev–Trinajstić information content (AvgIpc) is 2.86. The number of halogens is 1. The molecule has 2 aromatic carbocycles. The Morgan fingerprint density at radius 1 is 1.14 bits per heavy atom. The predicted octanol–water partition coefficient (Wildman–Crippen LogP) is 4.37. The Kier molecular flexibility index (Phi) is 3.43. The number of benzene rings is 2. The second kappa shape index (κ2) is 5.26. The maximum Gasteiger partial charge on any atom is 0.197 e. The molecule has 0 aliphatic heterocycles. The van der Waals surface area contributed by atoms with Crippen molar-refractivity contribution >= 4 is 28.3 Å². The van der Waals surface area contributed by atoms with Crippen LogP contribution in [0.15, 0.2) is 42.5 Å². The maximum atomic E-state index is 12.8. The quantitative estimate of drug-likeness (QED) is 0.730. The Labute approximate surface area is 127 Å². The normalized spacial score (nSPS) is 10.8. The average molecular weight is 300 g/mol. The summed E-state index contributed by atoms with van der Waals surface area (Å²) < 4.78 is 5.37. The highest BCUT2D eigenvalue weighted by atomic mass is 35.5. The maximum absolute atomic E-state index is 12.8. The summed E-state index contributed by atoms with van der Waals surface area (Å²) in [5.74, 6) is 0.495. The van der Waals surface area contributed by atoms with E-state index in [1.807, 2.05) is 19.1 Å². The molecule has 106 valence electrons. The highest BCUT2D eigenvalue weighted by Crippen LogP contribution is 2.30. The van der Waals surface area contributed by atoms with E-state index in [-0.39, 0.29) is 5.78 Å². The molecular weight excluding hydrogens is 286 g/mol. The van der Waals surface area contributed by atoms with E-state index in [9.17, 15) is 4.79 Å². The molecule has 0 atom stereocenters. The fourth-order valence-electron chi connectivity index (χ4n) is 2.47. The number of carbonyl (C=O) groups is 1. The van der Waals surface area contributed by atoms with Crippen molar-refractivity contribution in [3.63, 3.8) is 0 Å². The van der Waals surface area contributed by atoms with Gasteiger partial charge in [0.2, 0.25) is 0 Å². The van der Waals surface area contributed by atoms with Gasteiger partial charge in [-0.3, -0.25) is 4.79 Å². The minimum atomic E-state index is -0.0758. The van der Waals surface area contributed by atoms with E-state index >= 15 is 0 Å². The van der Waals surface area contributed by atoms with Gasteiger partial charge < -0.3 is 9.72 Å². The van der Waals surface area contributed by atoms with Gasteiger partial charge in [0, 0.05) is 27.2 Å². The summed E-state index contributed by atoms with van der Waals surface area (Å²) in [6.45, 7) is 1.96. The van der Waals surface area contributed by atoms with E-state index in [1.54, 1.807) is 37.4 Å². The summed E-state index contributed by atoms with van der Waals surface area (Å²) in [5.41, 5.74) is 3.08. The molecule has 1 N–H and O–H groups in total. The number of ketones is 1. The highest BCUT2D eigenvalue weighted by Gasteiger charge is 2.19. The lowest BCUT2D eigenvalue weighted by atomic mass is 9.99. The fourth-order valence-corrected chi connectivity index (χ4v) is 2.60. The number of aryl methyl sites for hydroxylation is 1. The second-order valence-electron chi connectivity index (χ2n) is 4.89. The number of carbonyl (C=O) groups excluding carboxylic acids is 1. The van der Waals surface area contributed by atoms with Crippen LogP contribution in [0.1, 0.15) is 21.6 Å². The van der Waals surface area contributed by atoms with Gasteiger partial charge in [-0.1, -0.05) is 11.6 Å². The lowest BCUT2D eigenvalue weighted by Crippen LogP contribution is -2.04. The summed E-state index contributed by atoms with van der Waals surface area (Å²) in [7, 11) is 1.57. The zero-order chi connectivity index (χ0) is 15.0. The smallest absolute Gasteiger partial charge is 0.197 e. The molecule has 1 aromatic heterocycles. The first kappa shape index (κ1) is 13.7. The zero-order valence-electron chi connectivity index (χ0n) is 11.7. The first-order valence-electron chi connectivity index (χ1n) is 6.56. The Hall–Kier alpha value is -2.26. The molecule has 0 radical (unpaired) electrons. The van der Waals surface area contributed by atoms with Crippen LogP contribution >= 0.6 is 11.6 Å². The van der Waals surface area contributed by atoms with Crippen molar-refractivity contribution in [2.75, 3.05) is 7.11 Å². The van der Waals surface area contributed by atoms with Gasteiger partial charge in [0.15, 0.2) is 5.78 Å². The third-order valence-corrected chi connectivity index (χ3v) is 3.71.